The van der Waals surface area contributed by atoms with Crippen molar-refractivity contribution < 1.29 is 13.2 Å². The molecule has 5 nitrogen and oxygen atoms in total. The normalized spacial score (nSPS) is 14.1. The molecule has 1 N–H and O–H groups in total. The predicted molar refractivity (Wildman–Crippen MR) is 94.3 cm³/mol. The van der Waals surface area contributed by atoms with Gasteiger partial charge in [0.25, 0.3) is 0 Å². The lowest BCUT2D eigenvalue weighted by Gasteiger charge is -2.29. The van der Waals surface area contributed by atoms with Crippen molar-refractivity contribution in [3.05, 3.63) is 35.4 Å². The summed E-state index contributed by atoms with van der Waals surface area (Å²) < 4.78 is 22.9. The molecule has 0 spiro atoms. The zero-order chi connectivity index (χ0) is 17.6. The molecule has 0 bridgehead atoms. The summed E-state index contributed by atoms with van der Waals surface area (Å²) in [5.74, 6) is -0.0339. The molecule has 0 aromatic heterocycles. The number of nitrogens with zero attached hydrogens (tertiary/aromatic N) is 1. The molecule has 2 atom stereocenters. The zero-order valence-corrected chi connectivity index (χ0v) is 15.5. The number of hydrogen-bond donors (Lipinski definition) is 1. The van der Waals surface area contributed by atoms with Crippen LogP contribution >= 0.6 is 0 Å². The van der Waals surface area contributed by atoms with Gasteiger partial charge in [-0.25, -0.2) is 13.2 Å². The van der Waals surface area contributed by atoms with Crippen LogP contribution in [-0.4, -0.2) is 43.9 Å². The Bertz CT molecular complexity index is 611. The molecule has 23 heavy (non-hydrogen) atoms. The van der Waals surface area contributed by atoms with Crippen LogP contribution < -0.4 is 5.32 Å². The Morgan fingerprint density at radius 3 is 2.17 bits per heavy atom. The quantitative estimate of drug-likeness (QED) is 0.830. The van der Waals surface area contributed by atoms with Crippen LogP contribution in [0.2, 0.25) is 0 Å². The molecular weight excluding hydrogens is 312 g/mol. The largest absolute Gasteiger partial charge is 0.331 e. The maximum Gasteiger partial charge on any atom is 0.318 e. The Balaban J connectivity index is 2.74. The first-order valence-electron chi connectivity index (χ1n) is 8.01. The number of carbonyl (C=O) groups excluding carboxylic acids is 1. The van der Waals surface area contributed by atoms with Gasteiger partial charge in [0.2, 0.25) is 0 Å². The third-order valence-electron chi connectivity index (χ3n) is 3.91. The number of benzene rings is 1. The second-order valence-corrected chi connectivity index (χ2v) is 8.18. The first-order valence-corrected chi connectivity index (χ1v) is 10.1. The van der Waals surface area contributed by atoms with Crippen molar-refractivity contribution in [1.29, 1.82) is 0 Å². The number of sulfone groups is 1. The van der Waals surface area contributed by atoms with Crippen LogP contribution in [0.15, 0.2) is 24.3 Å². The Kier molecular flexibility index (Phi) is 7.06. The molecule has 0 fully saturated rings. The van der Waals surface area contributed by atoms with Crippen LogP contribution in [0.5, 0.6) is 0 Å². The lowest BCUT2D eigenvalue weighted by atomic mass is 10.1. The molecule has 1 aromatic rings. The molecule has 1 aromatic carbocycles. The van der Waals surface area contributed by atoms with Crippen molar-refractivity contribution in [2.75, 3.05) is 18.6 Å². The lowest BCUT2D eigenvalue weighted by Crippen LogP contribution is -2.47. The van der Waals surface area contributed by atoms with Gasteiger partial charge in [-0.05, 0) is 38.3 Å². The van der Waals surface area contributed by atoms with Gasteiger partial charge in [0.15, 0.2) is 0 Å². The van der Waals surface area contributed by atoms with E-state index in [9.17, 15) is 13.2 Å². The van der Waals surface area contributed by atoms with Crippen molar-refractivity contribution in [3.8, 4) is 0 Å². The minimum Gasteiger partial charge on any atom is -0.331 e. The van der Waals surface area contributed by atoms with Crippen LogP contribution in [0.3, 0.4) is 0 Å². The van der Waals surface area contributed by atoms with Crippen molar-refractivity contribution in [1.82, 2.24) is 10.2 Å². The molecule has 2 unspecified atom stereocenters. The molecule has 2 amide bonds. The van der Waals surface area contributed by atoms with Crippen molar-refractivity contribution in [2.24, 2.45) is 0 Å². The molecule has 0 aliphatic heterocycles. The number of urea groups is 1. The predicted octanol–water partition coefficient (Wildman–Crippen LogP) is 2.77. The summed E-state index contributed by atoms with van der Waals surface area (Å²) in [5.41, 5.74) is 2.28. The van der Waals surface area contributed by atoms with Crippen LogP contribution in [0.4, 0.5) is 4.79 Å². The smallest absolute Gasteiger partial charge is 0.318 e. The van der Waals surface area contributed by atoms with Gasteiger partial charge in [-0.15, -0.1) is 0 Å². The number of aryl methyl sites for hydroxylation is 1. The molecule has 0 aliphatic rings. The Morgan fingerprint density at radius 2 is 1.74 bits per heavy atom. The highest BCUT2D eigenvalue weighted by atomic mass is 32.2. The van der Waals surface area contributed by atoms with E-state index in [1.807, 2.05) is 26.0 Å². The van der Waals surface area contributed by atoms with Gasteiger partial charge >= 0.3 is 6.03 Å². The third-order valence-corrected chi connectivity index (χ3v) is 4.99. The Hall–Kier alpha value is -1.56. The van der Waals surface area contributed by atoms with Gasteiger partial charge < -0.3 is 10.2 Å². The fourth-order valence-electron chi connectivity index (χ4n) is 2.58. The maximum absolute atomic E-state index is 12.4. The van der Waals surface area contributed by atoms with Gasteiger partial charge in [0, 0.05) is 18.8 Å². The molecular formula is C17H28N2O3S. The number of hydrogen-bond acceptors (Lipinski definition) is 3. The zero-order valence-electron chi connectivity index (χ0n) is 14.7. The first kappa shape index (κ1) is 19.5. The number of rotatable bonds is 7. The summed E-state index contributed by atoms with van der Waals surface area (Å²) in [4.78, 5) is 14.0. The molecule has 0 saturated carbocycles. The number of amides is 2. The summed E-state index contributed by atoms with van der Waals surface area (Å²) in [6.07, 6.45) is 2.17. The number of carbonyl (C=O) groups is 1. The van der Waals surface area contributed by atoms with E-state index in [-0.39, 0.29) is 23.9 Å². The van der Waals surface area contributed by atoms with E-state index in [0.29, 0.717) is 6.54 Å². The second-order valence-electron chi connectivity index (χ2n) is 5.99. The lowest BCUT2D eigenvalue weighted by molar-refractivity contribution is 0.184. The summed E-state index contributed by atoms with van der Waals surface area (Å²) in [6, 6.07) is 7.41. The SMILES string of the molecule is CCc1ccc(C(C)NC(=O)N(CC)C(C)CS(C)(=O)=O)cc1. The van der Waals surface area contributed by atoms with Crippen LogP contribution in [0.1, 0.15) is 44.9 Å². The van der Waals surface area contributed by atoms with Gasteiger partial charge in [0.05, 0.1) is 11.8 Å². The average molecular weight is 340 g/mol. The van der Waals surface area contributed by atoms with E-state index in [1.165, 1.54) is 11.8 Å². The molecule has 0 saturated heterocycles. The van der Waals surface area contributed by atoms with E-state index in [2.05, 4.69) is 24.4 Å². The summed E-state index contributed by atoms with van der Waals surface area (Å²) >= 11 is 0. The van der Waals surface area contributed by atoms with Gasteiger partial charge in [-0.2, -0.15) is 0 Å². The van der Waals surface area contributed by atoms with Crippen molar-refractivity contribution in [2.45, 2.75) is 46.2 Å². The van der Waals surface area contributed by atoms with E-state index < -0.39 is 9.84 Å². The molecule has 0 radical (unpaired) electrons. The first-order chi connectivity index (χ1) is 10.7. The summed E-state index contributed by atoms with van der Waals surface area (Å²) in [7, 11) is -3.12. The molecule has 0 aliphatic carbocycles. The number of nitrogens with one attached hydrogen (secondary N) is 1. The fourth-order valence-corrected chi connectivity index (χ4v) is 3.63. The highest BCUT2D eigenvalue weighted by Gasteiger charge is 2.23. The second kappa shape index (κ2) is 8.34. The molecule has 1 rings (SSSR count). The standard InChI is InChI=1S/C17H28N2O3S/c1-6-15-8-10-16(11-9-15)14(4)18-17(20)19(7-2)13(3)12-23(5,21)22/h8-11,13-14H,6-7,12H2,1-5H3,(H,18,20). The van der Waals surface area contributed by atoms with Crippen molar-refractivity contribution in [3.63, 3.8) is 0 Å². The minimum atomic E-state index is -3.12. The summed E-state index contributed by atoms with van der Waals surface area (Å²) in [6.45, 7) is 8.09. The van der Waals surface area contributed by atoms with Crippen LogP contribution in [0.25, 0.3) is 0 Å². The monoisotopic (exact) mass is 340 g/mol. The molecule has 130 valence electrons. The van der Waals surface area contributed by atoms with Crippen LogP contribution in [-0.2, 0) is 16.3 Å². The molecule has 6 heteroatoms. The van der Waals surface area contributed by atoms with Gasteiger partial charge in [-0.3, -0.25) is 0 Å². The van der Waals surface area contributed by atoms with Crippen LogP contribution in [0, 0.1) is 0 Å². The topological polar surface area (TPSA) is 66.5 Å². The molecule has 0 heterocycles. The fraction of sp³-hybridized carbons (Fsp3) is 0.588. The highest BCUT2D eigenvalue weighted by Crippen LogP contribution is 2.15. The Morgan fingerprint density at radius 1 is 1.17 bits per heavy atom. The third kappa shape index (κ3) is 6.22. The maximum atomic E-state index is 12.4. The minimum absolute atomic E-state index is 0.0339. The van der Waals surface area contributed by atoms with E-state index in [1.54, 1.807) is 11.8 Å². The van der Waals surface area contributed by atoms with Gasteiger partial charge in [-0.1, -0.05) is 31.2 Å². The van der Waals surface area contributed by atoms with E-state index in [0.717, 1.165) is 12.0 Å². The highest BCUT2D eigenvalue weighted by molar-refractivity contribution is 7.90. The average Bonchev–Trinajstić information content (AvgIpc) is 2.46. The van der Waals surface area contributed by atoms with E-state index >= 15 is 0 Å². The summed E-state index contributed by atoms with van der Waals surface area (Å²) in [5, 5.41) is 2.94. The van der Waals surface area contributed by atoms with Gasteiger partial charge in [0.1, 0.15) is 9.84 Å². The van der Waals surface area contributed by atoms with Crippen molar-refractivity contribution >= 4 is 15.9 Å². The Labute approximate surface area is 140 Å². The van der Waals surface area contributed by atoms with E-state index in [4.69, 9.17) is 0 Å².